The third kappa shape index (κ3) is 5.32. The van der Waals surface area contributed by atoms with Crippen molar-refractivity contribution in [2.45, 2.75) is 58.0 Å². The molecular formula is C28H37N5O3. The number of amides is 4. The van der Waals surface area contributed by atoms with Gasteiger partial charge >= 0.3 is 6.03 Å². The summed E-state index contributed by atoms with van der Waals surface area (Å²) in [4.78, 5) is 44.9. The van der Waals surface area contributed by atoms with Crippen molar-refractivity contribution in [2.75, 3.05) is 36.5 Å². The number of anilines is 2. The molecule has 2 fully saturated rings. The molecule has 4 amide bonds. The number of carbonyl (C=O) groups excluding carboxylic acids is 3. The highest BCUT2D eigenvalue weighted by Gasteiger charge is 2.54. The second-order valence-corrected chi connectivity index (χ2v) is 9.78. The summed E-state index contributed by atoms with van der Waals surface area (Å²) in [5.41, 5.74) is 2.16. The molecule has 2 saturated heterocycles. The van der Waals surface area contributed by atoms with Crippen molar-refractivity contribution in [1.29, 1.82) is 0 Å². The van der Waals surface area contributed by atoms with Crippen LogP contribution in [0.25, 0.3) is 0 Å². The fraction of sp³-hybridized carbons (Fsp3) is 0.464. The fourth-order valence-electron chi connectivity index (χ4n) is 5.02. The molecule has 2 aromatic rings. The average Bonchev–Trinajstić information content (AvgIpc) is 3.15. The van der Waals surface area contributed by atoms with Crippen molar-refractivity contribution >= 4 is 29.2 Å². The maximum absolute atomic E-state index is 13.8. The number of carbonyl (C=O) groups is 3. The topological polar surface area (TPSA) is 85.0 Å². The predicted molar refractivity (Wildman–Crippen MR) is 142 cm³/mol. The molecule has 2 heterocycles. The van der Waals surface area contributed by atoms with E-state index in [9.17, 15) is 14.4 Å². The number of nitrogens with one attached hydrogen (secondary N) is 2. The van der Waals surface area contributed by atoms with Gasteiger partial charge in [-0.15, -0.1) is 0 Å². The molecule has 0 bridgehead atoms. The first-order chi connectivity index (χ1) is 17.4. The minimum Gasteiger partial charge on any atom is -0.352 e. The average molecular weight is 492 g/mol. The molecule has 8 heteroatoms. The lowest BCUT2D eigenvalue weighted by atomic mass is 9.85. The van der Waals surface area contributed by atoms with Crippen molar-refractivity contribution in [3.63, 3.8) is 0 Å². The van der Waals surface area contributed by atoms with E-state index in [0.29, 0.717) is 32.6 Å². The third-order valence-electron chi connectivity index (χ3n) is 7.43. The summed E-state index contributed by atoms with van der Waals surface area (Å²) in [5.74, 6) is -0.186. The number of aryl methyl sites for hydroxylation is 1. The molecule has 1 spiro atoms. The number of para-hydroxylation sites is 1. The highest BCUT2D eigenvalue weighted by molar-refractivity contribution is 5.97. The summed E-state index contributed by atoms with van der Waals surface area (Å²) in [6.07, 6.45) is 2.80. The van der Waals surface area contributed by atoms with Gasteiger partial charge in [0.05, 0.1) is 6.67 Å². The standard InChI is InChI=1S/C28H37N5O3/c1-4-21(3)29-25(34)19-32-20-33(24-9-7-6-8-10-24)28(26(32)35)15-17-31(18-16-28)27(36)30-23-13-11-22(5-2)12-14-23/h6-14,21H,4-5,15-20H2,1-3H3,(H,29,34)(H,30,36). The Balaban J connectivity index is 1.47. The van der Waals surface area contributed by atoms with Crippen LogP contribution in [0.3, 0.4) is 0 Å². The number of piperidine rings is 1. The van der Waals surface area contributed by atoms with Gasteiger partial charge in [-0.25, -0.2) is 4.79 Å². The van der Waals surface area contributed by atoms with Crippen LogP contribution in [0.4, 0.5) is 16.2 Å². The zero-order valence-corrected chi connectivity index (χ0v) is 21.5. The summed E-state index contributed by atoms with van der Waals surface area (Å²) in [7, 11) is 0. The number of urea groups is 1. The zero-order chi connectivity index (χ0) is 25.7. The van der Waals surface area contributed by atoms with Gasteiger partial charge < -0.3 is 25.3 Å². The molecule has 2 N–H and O–H groups in total. The van der Waals surface area contributed by atoms with Gasteiger partial charge in [-0.1, -0.05) is 44.2 Å². The van der Waals surface area contributed by atoms with Gasteiger partial charge in [-0.2, -0.15) is 0 Å². The Bertz CT molecular complexity index is 1060. The maximum atomic E-state index is 13.8. The van der Waals surface area contributed by atoms with Crippen LogP contribution in [0.5, 0.6) is 0 Å². The third-order valence-corrected chi connectivity index (χ3v) is 7.43. The molecule has 192 valence electrons. The van der Waals surface area contributed by atoms with Crippen LogP contribution in [-0.4, -0.2) is 65.5 Å². The van der Waals surface area contributed by atoms with E-state index in [2.05, 4.69) is 22.5 Å². The van der Waals surface area contributed by atoms with Gasteiger partial charge in [0.15, 0.2) is 0 Å². The van der Waals surface area contributed by atoms with Crippen molar-refractivity contribution in [1.82, 2.24) is 15.1 Å². The van der Waals surface area contributed by atoms with Gasteiger partial charge in [0.25, 0.3) is 5.91 Å². The first-order valence-electron chi connectivity index (χ1n) is 12.9. The smallest absolute Gasteiger partial charge is 0.321 e. The minimum absolute atomic E-state index is 0.0339. The Morgan fingerprint density at radius 1 is 1.00 bits per heavy atom. The lowest BCUT2D eigenvalue weighted by Crippen LogP contribution is -2.58. The lowest BCUT2D eigenvalue weighted by molar-refractivity contribution is -0.137. The minimum atomic E-state index is -0.766. The number of hydrogen-bond acceptors (Lipinski definition) is 4. The first-order valence-corrected chi connectivity index (χ1v) is 12.9. The maximum Gasteiger partial charge on any atom is 0.321 e. The van der Waals surface area contributed by atoms with E-state index in [0.717, 1.165) is 24.2 Å². The summed E-state index contributed by atoms with van der Waals surface area (Å²) in [6, 6.07) is 17.6. The molecular weight excluding hydrogens is 454 g/mol. The van der Waals surface area contributed by atoms with E-state index < -0.39 is 5.54 Å². The van der Waals surface area contributed by atoms with Gasteiger partial charge in [-0.3, -0.25) is 9.59 Å². The highest BCUT2D eigenvalue weighted by Crippen LogP contribution is 2.39. The second kappa shape index (κ2) is 11.0. The van der Waals surface area contributed by atoms with Gasteiger partial charge in [0, 0.05) is 30.5 Å². The summed E-state index contributed by atoms with van der Waals surface area (Å²) in [5, 5.41) is 5.94. The Hall–Kier alpha value is -3.55. The molecule has 0 aromatic heterocycles. The van der Waals surface area contributed by atoms with Crippen LogP contribution < -0.4 is 15.5 Å². The second-order valence-electron chi connectivity index (χ2n) is 9.78. The molecule has 2 aliphatic rings. The molecule has 0 aliphatic carbocycles. The molecule has 2 aliphatic heterocycles. The van der Waals surface area contributed by atoms with Crippen LogP contribution in [0.1, 0.15) is 45.6 Å². The summed E-state index contributed by atoms with van der Waals surface area (Å²) < 4.78 is 0. The van der Waals surface area contributed by atoms with Crippen LogP contribution in [-0.2, 0) is 16.0 Å². The van der Waals surface area contributed by atoms with Gasteiger partial charge in [0.2, 0.25) is 5.91 Å². The molecule has 0 saturated carbocycles. The van der Waals surface area contributed by atoms with E-state index in [4.69, 9.17) is 0 Å². The first kappa shape index (κ1) is 25.5. The van der Waals surface area contributed by atoms with Crippen LogP contribution >= 0.6 is 0 Å². The van der Waals surface area contributed by atoms with Gasteiger partial charge in [0.1, 0.15) is 12.1 Å². The monoisotopic (exact) mass is 491 g/mol. The molecule has 2 aromatic carbocycles. The van der Waals surface area contributed by atoms with Gasteiger partial charge in [-0.05, 0) is 62.4 Å². The van der Waals surface area contributed by atoms with E-state index in [1.807, 2.05) is 68.4 Å². The van der Waals surface area contributed by atoms with Crippen LogP contribution in [0, 0.1) is 0 Å². The zero-order valence-electron chi connectivity index (χ0n) is 21.5. The number of likely N-dealkylation sites (tertiary alicyclic amines) is 1. The van der Waals surface area contributed by atoms with Crippen molar-refractivity contribution in [3.05, 3.63) is 60.2 Å². The molecule has 8 nitrogen and oxygen atoms in total. The molecule has 1 atom stereocenters. The molecule has 0 radical (unpaired) electrons. The number of benzene rings is 2. The van der Waals surface area contributed by atoms with E-state index >= 15 is 0 Å². The Labute approximate surface area is 213 Å². The quantitative estimate of drug-likeness (QED) is 0.616. The lowest BCUT2D eigenvalue weighted by Gasteiger charge is -2.43. The molecule has 36 heavy (non-hydrogen) atoms. The van der Waals surface area contributed by atoms with E-state index in [1.165, 1.54) is 5.56 Å². The largest absolute Gasteiger partial charge is 0.352 e. The van der Waals surface area contributed by atoms with Crippen LogP contribution in [0.15, 0.2) is 54.6 Å². The normalized spacial score (nSPS) is 17.9. The fourth-order valence-corrected chi connectivity index (χ4v) is 5.02. The molecule has 4 rings (SSSR count). The van der Waals surface area contributed by atoms with E-state index in [-0.39, 0.29) is 30.4 Å². The SMILES string of the molecule is CCc1ccc(NC(=O)N2CCC3(CC2)C(=O)N(CC(=O)NC(C)CC)CN3c2ccccc2)cc1. The van der Waals surface area contributed by atoms with Crippen molar-refractivity contribution < 1.29 is 14.4 Å². The Morgan fingerprint density at radius 2 is 1.67 bits per heavy atom. The number of hydrogen-bond donors (Lipinski definition) is 2. The summed E-state index contributed by atoms with van der Waals surface area (Å²) >= 11 is 0. The Morgan fingerprint density at radius 3 is 2.28 bits per heavy atom. The summed E-state index contributed by atoms with van der Waals surface area (Å²) in [6.45, 7) is 7.38. The van der Waals surface area contributed by atoms with Crippen molar-refractivity contribution in [3.8, 4) is 0 Å². The number of nitrogens with zero attached hydrogens (tertiary/aromatic N) is 3. The van der Waals surface area contributed by atoms with E-state index in [1.54, 1.807) is 9.80 Å². The molecule has 1 unspecified atom stereocenters. The van der Waals surface area contributed by atoms with Crippen molar-refractivity contribution in [2.24, 2.45) is 0 Å². The predicted octanol–water partition coefficient (Wildman–Crippen LogP) is 3.84. The van der Waals surface area contributed by atoms with Crippen LogP contribution in [0.2, 0.25) is 0 Å². The Kier molecular flexibility index (Phi) is 7.82. The highest BCUT2D eigenvalue weighted by atomic mass is 16.2. The number of rotatable bonds is 7.